The van der Waals surface area contributed by atoms with Gasteiger partial charge in [0.05, 0.1) is 18.5 Å². The molecule has 0 amide bonds. The van der Waals surface area contributed by atoms with Gasteiger partial charge in [-0.15, -0.1) is 0 Å². The quantitative estimate of drug-likeness (QED) is 0.301. The summed E-state index contributed by atoms with van der Waals surface area (Å²) in [7, 11) is 1.66. The van der Waals surface area contributed by atoms with Gasteiger partial charge in [0.15, 0.2) is 0 Å². The maximum Gasteiger partial charge on any atom is 0.308 e. The zero-order valence-corrected chi connectivity index (χ0v) is 18.6. The topological polar surface area (TPSA) is 57.7 Å². The van der Waals surface area contributed by atoms with Crippen molar-refractivity contribution >= 4 is 5.97 Å². The van der Waals surface area contributed by atoms with Crippen LogP contribution in [0.25, 0.3) is 11.3 Å². The number of esters is 1. The molecule has 1 heterocycles. The SMILES string of the molecule is CCCCC(Oc1ccc(OC(C)=O)c(C)c1)c1cccc(-c2ccc(OC)cc2)n1. The first-order valence-electron chi connectivity index (χ1n) is 10.6. The van der Waals surface area contributed by atoms with E-state index in [1.165, 1.54) is 6.92 Å². The Labute approximate surface area is 184 Å². The van der Waals surface area contributed by atoms with Gasteiger partial charge >= 0.3 is 5.97 Å². The summed E-state index contributed by atoms with van der Waals surface area (Å²) in [5, 5.41) is 0. The van der Waals surface area contributed by atoms with Gasteiger partial charge in [-0.3, -0.25) is 4.79 Å². The maximum atomic E-state index is 11.2. The molecule has 1 atom stereocenters. The molecule has 0 saturated carbocycles. The van der Waals surface area contributed by atoms with Crippen molar-refractivity contribution in [1.82, 2.24) is 4.98 Å². The van der Waals surface area contributed by atoms with Crippen molar-refractivity contribution in [2.24, 2.45) is 0 Å². The third-order valence-corrected chi connectivity index (χ3v) is 4.98. The molecule has 1 aromatic heterocycles. The Balaban J connectivity index is 1.85. The molecule has 0 fully saturated rings. The van der Waals surface area contributed by atoms with Crippen LogP contribution in [0.15, 0.2) is 60.7 Å². The number of rotatable bonds is 9. The summed E-state index contributed by atoms with van der Waals surface area (Å²) in [5.74, 6) is 1.75. The first kappa shape index (κ1) is 22.3. The molecular formula is C26H29NO4. The Kier molecular flexibility index (Phi) is 7.65. The minimum atomic E-state index is -0.336. The molecule has 3 rings (SSSR count). The monoisotopic (exact) mass is 419 g/mol. The van der Waals surface area contributed by atoms with Crippen LogP contribution in [-0.2, 0) is 4.79 Å². The van der Waals surface area contributed by atoms with Gasteiger partial charge in [-0.1, -0.05) is 19.4 Å². The minimum Gasteiger partial charge on any atom is -0.497 e. The van der Waals surface area contributed by atoms with E-state index in [0.29, 0.717) is 5.75 Å². The Morgan fingerprint density at radius 3 is 2.42 bits per heavy atom. The fraction of sp³-hybridized carbons (Fsp3) is 0.308. The lowest BCUT2D eigenvalue weighted by Gasteiger charge is -2.20. The van der Waals surface area contributed by atoms with E-state index in [1.54, 1.807) is 13.2 Å². The number of aryl methyl sites for hydroxylation is 1. The first-order chi connectivity index (χ1) is 15.0. The second kappa shape index (κ2) is 10.6. The zero-order valence-electron chi connectivity index (χ0n) is 18.6. The van der Waals surface area contributed by atoms with Crippen molar-refractivity contribution in [3.05, 3.63) is 71.9 Å². The van der Waals surface area contributed by atoms with E-state index in [4.69, 9.17) is 19.2 Å². The summed E-state index contributed by atoms with van der Waals surface area (Å²) < 4.78 is 16.8. The number of carbonyl (C=O) groups is 1. The Bertz CT molecular complexity index is 1010. The van der Waals surface area contributed by atoms with E-state index in [1.807, 2.05) is 61.5 Å². The third kappa shape index (κ3) is 6.07. The van der Waals surface area contributed by atoms with Crippen molar-refractivity contribution < 1.29 is 19.0 Å². The molecule has 1 unspecified atom stereocenters. The molecule has 0 bridgehead atoms. The second-order valence-electron chi connectivity index (χ2n) is 7.45. The van der Waals surface area contributed by atoms with E-state index >= 15 is 0 Å². The van der Waals surface area contributed by atoms with Gasteiger partial charge in [0.25, 0.3) is 0 Å². The average Bonchev–Trinajstić information content (AvgIpc) is 2.78. The second-order valence-corrected chi connectivity index (χ2v) is 7.45. The fourth-order valence-electron chi connectivity index (χ4n) is 3.34. The van der Waals surface area contributed by atoms with Crippen LogP contribution in [0.1, 0.15) is 50.5 Å². The van der Waals surface area contributed by atoms with E-state index < -0.39 is 0 Å². The Hall–Kier alpha value is -3.34. The van der Waals surface area contributed by atoms with Crippen LogP contribution in [-0.4, -0.2) is 18.1 Å². The van der Waals surface area contributed by atoms with Gasteiger partial charge in [-0.25, -0.2) is 4.98 Å². The molecule has 0 aliphatic rings. The first-order valence-corrected chi connectivity index (χ1v) is 10.6. The van der Waals surface area contributed by atoms with Gasteiger partial charge in [-0.2, -0.15) is 0 Å². The molecule has 5 nitrogen and oxygen atoms in total. The predicted octanol–water partition coefficient (Wildman–Crippen LogP) is 6.30. The molecule has 0 radical (unpaired) electrons. The van der Waals surface area contributed by atoms with Crippen LogP contribution in [0.2, 0.25) is 0 Å². The average molecular weight is 420 g/mol. The molecule has 31 heavy (non-hydrogen) atoms. The molecule has 3 aromatic rings. The van der Waals surface area contributed by atoms with E-state index in [-0.39, 0.29) is 12.1 Å². The van der Waals surface area contributed by atoms with Crippen LogP contribution in [0.5, 0.6) is 17.2 Å². The van der Waals surface area contributed by atoms with E-state index in [9.17, 15) is 4.79 Å². The van der Waals surface area contributed by atoms with Gasteiger partial charge in [0, 0.05) is 12.5 Å². The summed E-state index contributed by atoms with van der Waals surface area (Å²) in [6.07, 6.45) is 2.80. The highest BCUT2D eigenvalue weighted by atomic mass is 16.5. The molecule has 0 N–H and O–H groups in total. The number of hydrogen-bond acceptors (Lipinski definition) is 5. The standard InChI is InChI=1S/C26H29NO4/c1-5-6-10-26(31-22-15-16-25(18(2)17-22)30-19(3)28)24-9-7-8-23(27-24)20-11-13-21(29-4)14-12-20/h7-9,11-17,26H,5-6,10H2,1-4H3. The number of aromatic nitrogens is 1. The Morgan fingerprint density at radius 2 is 1.77 bits per heavy atom. The summed E-state index contributed by atoms with van der Waals surface area (Å²) in [6.45, 7) is 5.46. The van der Waals surface area contributed by atoms with Gasteiger partial charge < -0.3 is 14.2 Å². The molecular weight excluding hydrogens is 390 g/mol. The van der Waals surface area contributed by atoms with Gasteiger partial charge in [-0.05, 0) is 79.9 Å². The molecule has 2 aromatic carbocycles. The number of benzene rings is 2. The van der Waals surface area contributed by atoms with Crippen molar-refractivity contribution in [3.63, 3.8) is 0 Å². The van der Waals surface area contributed by atoms with Crippen molar-refractivity contribution in [3.8, 4) is 28.5 Å². The number of nitrogens with zero attached hydrogens (tertiary/aromatic N) is 1. The highest BCUT2D eigenvalue weighted by Crippen LogP contribution is 2.30. The summed E-state index contributed by atoms with van der Waals surface area (Å²) in [6, 6.07) is 19.4. The van der Waals surface area contributed by atoms with Gasteiger partial charge in [0.1, 0.15) is 23.4 Å². The fourth-order valence-corrected chi connectivity index (χ4v) is 3.34. The highest BCUT2D eigenvalue weighted by molar-refractivity contribution is 5.70. The summed E-state index contributed by atoms with van der Waals surface area (Å²) in [4.78, 5) is 16.1. The van der Waals surface area contributed by atoms with Crippen LogP contribution in [0.3, 0.4) is 0 Å². The number of ether oxygens (including phenoxy) is 3. The molecule has 0 aliphatic carbocycles. The lowest BCUT2D eigenvalue weighted by Crippen LogP contribution is -2.10. The van der Waals surface area contributed by atoms with Crippen molar-refractivity contribution in [2.45, 2.75) is 46.1 Å². The van der Waals surface area contributed by atoms with E-state index in [0.717, 1.165) is 53.3 Å². The predicted molar refractivity (Wildman–Crippen MR) is 122 cm³/mol. The normalized spacial score (nSPS) is 11.6. The third-order valence-electron chi connectivity index (χ3n) is 4.98. The number of unbranched alkanes of at least 4 members (excludes halogenated alkanes) is 1. The largest absolute Gasteiger partial charge is 0.497 e. The highest BCUT2D eigenvalue weighted by Gasteiger charge is 2.17. The van der Waals surface area contributed by atoms with Crippen LogP contribution in [0, 0.1) is 6.92 Å². The Morgan fingerprint density at radius 1 is 1.03 bits per heavy atom. The van der Waals surface area contributed by atoms with Crippen molar-refractivity contribution in [1.29, 1.82) is 0 Å². The van der Waals surface area contributed by atoms with Crippen LogP contribution < -0.4 is 14.2 Å². The maximum absolute atomic E-state index is 11.2. The lowest BCUT2D eigenvalue weighted by atomic mass is 10.1. The van der Waals surface area contributed by atoms with Crippen LogP contribution >= 0.6 is 0 Å². The smallest absolute Gasteiger partial charge is 0.308 e. The number of hydrogen-bond donors (Lipinski definition) is 0. The molecule has 0 aliphatic heterocycles. The van der Waals surface area contributed by atoms with Crippen molar-refractivity contribution in [2.75, 3.05) is 7.11 Å². The number of carbonyl (C=O) groups excluding carboxylic acids is 1. The lowest BCUT2D eigenvalue weighted by molar-refractivity contribution is -0.131. The number of methoxy groups -OCH3 is 1. The molecule has 5 heteroatoms. The summed E-state index contributed by atoms with van der Waals surface area (Å²) >= 11 is 0. The summed E-state index contributed by atoms with van der Waals surface area (Å²) in [5.41, 5.74) is 3.66. The zero-order chi connectivity index (χ0) is 22.2. The molecule has 162 valence electrons. The van der Waals surface area contributed by atoms with Crippen LogP contribution in [0.4, 0.5) is 0 Å². The number of pyridine rings is 1. The van der Waals surface area contributed by atoms with Gasteiger partial charge in [0.2, 0.25) is 0 Å². The molecule has 0 saturated heterocycles. The molecule has 0 spiro atoms. The van der Waals surface area contributed by atoms with E-state index in [2.05, 4.69) is 6.92 Å². The minimum absolute atomic E-state index is 0.169.